The summed E-state index contributed by atoms with van der Waals surface area (Å²) in [6, 6.07) is 10.4. The summed E-state index contributed by atoms with van der Waals surface area (Å²) in [5, 5.41) is 0. The lowest BCUT2D eigenvalue weighted by Gasteiger charge is -2.34. The standard InChI is InChI=1S/C21H22F3N3O2/c1-26(14-18-7-2-3-10-25-18)20(29)16-8-9-19(28)27(13-16)12-15-5-4-6-17(11-15)21(22,23)24/h2-7,10-11,16H,8-9,12-14H2,1H3. The van der Waals surface area contributed by atoms with Gasteiger partial charge in [-0.2, -0.15) is 13.2 Å². The van der Waals surface area contributed by atoms with Gasteiger partial charge in [0.2, 0.25) is 11.8 Å². The Morgan fingerprint density at radius 3 is 2.72 bits per heavy atom. The van der Waals surface area contributed by atoms with Crippen molar-refractivity contribution in [1.82, 2.24) is 14.8 Å². The van der Waals surface area contributed by atoms with Crippen molar-refractivity contribution in [2.75, 3.05) is 13.6 Å². The Hall–Kier alpha value is -2.90. The molecule has 1 aromatic carbocycles. The molecule has 0 aliphatic carbocycles. The van der Waals surface area contributed by atoms with Crippen LogP contribution in [0.5, 0.6) is 0 Å². The number of piperidine rings is 1. The van der Waals surface area contributed by atoms with Crippen LogP contribution in [0.2, 0.25) is 0 Å². The van der Waals surface area contributed by atoms with Crippen LogP contribution in [0.4, 0.5) is 13.2 Å². The molecule has 1 saturated heterocycles. The van der Waals surface area contributed by atoms with Crippen LogP contribution in [-0.2, 0) is 28.9 Å². The maximum Gasteiger partial charge on any atom is 0.416 e. The second-order valence-electron chi connectivity index (χ2n) is 7.22. The second kappa shape index (κ2) is 8.63. The highest BCUT2D eigenvalue weighted by Gasteiger charge is 2.33. The molecule has 8 heteroatoms. The van der Waals surface area contributed by atoms with Gasteiger partial charge in [-0.25, -0.2) is 0 Å². The molecule has 1 unspecified atom stereocenters. The highest BCUT2D eigenvalue weighted by molar-refractivity contribution is 5.83. The summed E-state index contributed by atoms with van der Waals surface area (Å²) in [7, 11) is 1.69. The lowest BCUT2D eigenvalue weighted by atomic mass is 9.95. The predicted octanol–water partition coefficient (Wildman–Crippen LogP) is 3.50. The molecule has 1 atom stereocenters. The molecule has 0 bridgehead atoms. The average Bonchev–Trinajstić information content (AvgIpc) is 2.69. The zero-order valence-corrected chi connectivity index (χ0v) is 16.0. The first-order valence-electron chi connectivity index (χ1n) is 9.33. The van der Waals surface area contributed by atoms with E-state index in [9.17, 15) is 22.8 Å². The smallest absolute Gasteiger partial charge is 0.340 e. The monoisotopic (exact) mass is 405 g/mol. The molecule has 0 spiro atoms. The molecule has 3 rings (SSSR count). The van der Waals surface area contributed by atoms with Gasteiger partial charge in [0.15, 0.2) is 0 Å². The summed E-state index contributed by atoms with van der Waals surface area (Å²) in [6.07, 6.45) is -2.14. The van der Waals surface area contributed by atoms with Crippen molar-refractivity contribution in [2.24, 2.45) is 5.92 Å². The summed E-state index contributed by atoms with van der Waals surface area (Å²) in [5.41, 5.74) is 0.404. The first-order chi connectivity index (χ1) is 13.7. The van der Waals surface area contributed by atoms with Crippen molar-refractivity contribution in [3.8, 4) is 0 Å². The third-order valence-corrected chi connectivity index (χ3v) is 4.98. The number of alkyl halides is 3. The SMILES string of the molecule is CN(Cc1ccccn1)C(=O)C1CCC(=O)N(Cc2cccc(C(F)(F)F)c2)C1. The van der Waals surface area contributed by atoms with E-state index >= 15 is 0 Å². The molecule has 29 heavy (non-hydrogen) atoms. The minimum Gasteiger partial charge on any atom is -0.340 e. The molecule has 0 saturated carbocycles. The van der Waals surface area contributed by atoms with Crippen molar-refractivity contribution >= 4 is 11.8 Å². The van der Waals surface area contributed by atoms with Crippen LogP contribution in [0.15, 0.2) is 48.7 Å². The van der Waals surface area contributed by atoms with E-state index < -0.39 is 11.7 Å². The van der Waals surface area contributed by atoms with Crippen molar-refractivity contribution in [2.45, 2.75) is 32.1 Å². The van der Waals surface area contributed by atoms with Gasteiger partial charge in [0.1, 0.15) is 0 Å². The van der Waals surface area contributed by atoms with E-state index in [1.165, 1.54) is 11.0 Å². The number of halogens is 3. The lowest BCUT2D eigenvalue weighted by Crippen LogP contribution is -2.45. The molecule has 1 aliphatic heterocycles. The maximum atomic E-state index is 12.9. The highest BCUT2D eigenvalue weighted by atomic mass is 19.4. The minimum absolute atomic E-state index is 0.0521. The van der Waals surface area contributed by atoms with E-state index in [1.807, 2.05) is 12.1 Å². The van der Waals surface area contributed by atoms with E-state index in [4.69, 9.17) is 0 Å². The van der Waals surface area contributed by atoms with Crippen LogP contribution in [0.25, 0.3) is 0 Å². The Labute approximate surface area is 167 Å². The third kappa shape index (κ3) is 5.34. The molecule has 2 aromatic rings. The molecule has 0 N–H and O–H groups in total. The Bertz CT molecular complexity index is 871. The van der Waals surface area contributed by atoms with Gasteiger partial charge in [-0.1, -0.05) is 18.2 Å². The Balaban J connectivity index is 1.66. The van der Waals surface area contributed by atoms with Gasteiger partial charge < -0.3 is 9.80 Å². The largest absolute Gasteiger partial charge is 0.416 e. The molecular weight excluding hydrogens is 383 g/mol. The fourth-order valence-corrected chi connectivity index (χ4v) is 3.46. The van der Waals surface area contributed by atoms with Crippen molar-refractivity contribution in [3.05, 3.63) is 65.5 Å². The number of carbonyl (C=O) groups excluding carboxylic acids is 2. The van der Waals surface area contributed by atoms with Crippen LogP contribution in [-0.4, -0.2) is 40.2 Å². The number of benzene rings is 1. The van der Waals surface area contributed by atoms with Gasteiger partial charge in [0, 0.05) is 32.8 Å². The molecule has 2 heterocycles. The van der Waals surface area contributed by atoms with E-state index in [2.05, 4.69) is 4.98 Å². The second-order valence-corrected chi connectivity index (χ2v) is 7.22. The zero-order valence-electron chi connectivity index (χ0n) is 16.0. The number of amides is 2. The fraction of sp³-hybridized carbons (Fsp3) is 0.381. The van der Waals surface area contributed by atoms with Gasteiger partial charge in [-0.15, -0.1) is 0 Å². The highest BCUT2D eigenvalue weighted by Crippen LogP contribution is 2.30. The average molecular weight is 405 g/mol. The number of carbonyl (C=O) groups is 2. The normalized spacial score (nSPS) is 17.3. The lowest BCUT2D eigenvalue weighted by molar-refractivity contribution is -0.143. The molecule has 154 valence electrons. The van der Waals surface area contributed by atoms with Crippen molar-refractivity contribution in [3.63, 3.8) is 0 Å². The zero-order chi connectivity index (χ0) is 21.0. The molecule has 1 aromatic heterocycles. The van der Waals surface area contributed by atoms with Crippen LogP contribution in [0.1, 0.15) is 29.7 Å². The molecule has 0 radical (unpaired) electrons. The Morgan fingerprint density at radius 2 is 2.03 bits per heavy atom. The van der Waals surface area contributed by atoms with Crippen molar-refractivity contribution in [1.29, 1.82) is 0 Å². The molecular formula is C21H22F3N3O2. The molecule has 5 nitrogen and oxygen atoms in total. The van der Waals surface area contributed by atoms with Crippen LogP contribution < -0.4 is 0 Å². The van der Waals surface area contributed by atoms with E-state index in [0.717, 1.165) is 17.8 Å². The molecule has 1 aliphatic rings. The third-order valence-electron chi connectivity index (χ3n) is 4.98. The number of aromatic nitrogens is 1. The summed E-state index contributed by atoms with van der Waals surface area (Å²) >= 11 is 0. The number of hydrogen-bond donors (Lipinski definition) is 0. The fourth-order valence-electron chi connectivity index (χ4n) is 3.46. The van der Waals surface area contributed by atoms with E-state index in [-0.39, 0.29) is 37.2 Å². The van der Waals surface area contributed by atoms with E-state index in [1.54, 1.807) is 30.3 Å². The number of rotatable bonds is 5. The van der Waals surface area contributed by atoms with E-state index in [0.29, 0.717) is 18.5 Å². The van der Waals surface area contributed by atoms with Crippen LogP contribution in [0.3, 0.4) is 0 Å². The first-order valence-corrected chi connectivity index (χ1v) is 9.33. The number of pyridine rings is 1. The Kier molecular flexibility index (Phi) is 6.20. The van der Waals surface area contributed by atoms with Gasteiger partial charge in [0.05, 0.1) is 23.7 Å². The molecule has 2 amide bonds. The summed E-state index contributed by atoms with van der Waals surface area (Å²) in [6.45, 7) is 0.606. The quantitative estimate of drug-likeness (QED) is 0.765. The minimum atomic E-state index is -4.44. The first kappa shape index (κ1) is 20.8. The summed E-state index contributed by atoms with van der Waals surface area (Å²) < 4.78 is 38.8. The van der Waals surface area contributed by atoms with Gasteiger partial charge >= 0.3 is 6.18 Å². The van der Waals surface area contributed by atoms with Crippen LogP contribution >= 0.6 is 0 Å². The maximum absolute atomic E-state index is 12.9. The van der Waals surface area contributed by atoms with Gasteiger partial charge in [-0.05, 0) is 36.2 Å². The summed E-state index contributed by atoms with van der Waals surface area (Å²) in [4.78, 5) is 32.3. The topological polar surface area (TPSA) is 53.5 Å². The van der Waals surface area contributed by atoms with Crippen molar-refractivity contribution < 1.29 is 22.8 Å². The van der Waals surface area contributed by atoms with Gasteiger partial charge in [0.25, 0.3) is 0 Å². The number of likely N-dealkylation sites (tertiary alicyclic amines) is 1. The Morgan fingerprint density at radius 1 is 1.24 bits per heavy atom. The van der Waals surface area contributed by atoms with Crippen LogP contribution in [0, 0.1) is 5.92 Å². The number of nitrogens with zero attached hydrogens (tertiary/aromatic N) is 3. The summed E-state index contributed by atoms with van der Waals surface area (Å²) in [5.74, 6) is -0.636. The number of hydrogen-bond acceptors (Lipinski definition) is 3. The van der Waals surface area contributed by atoms with Gasteiger partial charge in [-0.3, -0.25) is 14.6 Å². The molecule has 1 fully saturated rings. The predicted molar refractivity (Wildman–Crippen MR) is 100 cm³/mol.